The van der Waals surface area contributed by atoms with Crippen LogP contribution < -0.4 is 0 Å². The predicted molar refractivity (Wildman–Crippen MR) is 83.9 cm³/mol. The molecule has 96 valence electrons. The largest absolute Gasteiger partial charge is 0.207 e. The molecule has 0 nitrogen and oxygen atoms in total. The van der Waals surface area contributed by atoms with E-state index in [-0.39, 0.29) is 5.82 Å². The summed E-state index contributed by atoms with van der Waals surface area (Å²) in [5, 5.41) is 6.84. The van der Waals surface area contributed by atoms with Crippen molar-refractivity contribution in [2.24, 2.45) is 0 Å². The van der Waals surface area contributed by atoms with Crippen LogP contribution in [0.1, 0.15) is 0 Å². The number of rotatable bonds is 0. The maximum Gasteiger partial charge on any atom is 0.123 e. The first-order valence-electron chi connectivity index (χ1n) is 6.44. The zero-order chi connectivity index (χ0) is 13.7. The summed E-state index contributed by atoms with van der Waals surface area (Å²) in [5.41, 5.74) is 0. The highest BCUT2D eigenvalue weighted by Crippen LogP contribution is 2.38. The number of benzene rings is 4. The van der Waals surface area contributed by atoms with E-state index in [1.165, 1.54) is 6.07 Å². The van der Waals surface area contributed by atoms with Crippen LogP contribution in [0.5, 0.6) is 0 Å². The number of hydrogen-bond acceptors (Lipinski definition) is 0. The fraction of sp³-hybridized carbons (Fsp3) is 0. The summed E-state index contributed by atoms with van der Waals surface area (Å²) in [5.74, 6) is -0.228. The molecular weight excluding hydrogens is 271 g/mol. The predicted octanol–water partition coefficient (Wildman–Crippen LogP) is 5.94. The molecule has 0 radical (unpaired) electrons. The third kappa shape index (κ3) is 1.53. The maximum absolute atomic E-state index is 13.6. The first-order valence-corrected chi connectivity index (χ1v) is 6.82. The second-order valence-electron chi connectivity index (χ2n) is 4.90. The lowest BCUT2D eigenvalue weighted by Gasteiger charge is -2.11. The van der Waals surface area contributed by atoms with Gasteiger partial charge in [0, 0.05) is 10.4 Å². The second-order valence-corrected chi connectivity index (χ2v) is 5.31. The van der Waals surface area contributed by atoms with Crippen LogP contribution in [-0.2, 0) is 0 Å². The highest BCUT2D eigenvalue weighted by atomic mass is 35.5. The summed E-state index contributed by atoms with van der Waals surface area (Å²) in [6, 6.07) is 18.8. The van der Waals surface area contributed by atoms with Crippen LogP contribution in [0, 0.1) is 5.82 Å². The highest BCUT2D eigenvalue weighted by molar-refractivity contribution is 6.40. The van der Waals surface area contributed by atoms with E-state index in [0.29, 0.717) is 5.02 Å². The molecule has 20 heavy (non-hydrogen) atoms. The lowest BCUT2D eigenvalue weighted by molar-refractivity contribution is 0.630. The van der Waals surface area contributed by atoms with E-state index in [0.717, 1.165) is 32.3 Å². The molecule has 0 aliphatic heterocycles. The minimum atomic E-state index is -0.228. The van der Waals surface area contributed by atoms with E-state index < -0.39 is 0 Å². The van der Waals surface area contributed by atoms with Gasteiger partial charge in [0.25, 0.3) is 0 Å². The molecule has 0 aliphatic rings. The van der Waals surface area contributed by atoms with Gasteiger partial charge in [-0.3, -0.25) is 0 Å². The molecule has 2 heteroatoms. The van der Waals surface area contributed by atoms with Gasteiger partial charge in [-0.05, 0) is 45.1 Å². The molecule has 0 atom stereocenters. The SMILES string of the molecule is Fc1ccc2c3ccccc3c3c(Cl)cccc3c2c1. The van der Waals surface area contributed by atoms with E-state index in [1.807, 2.05) is 36.4 Å². The lowest BCUT2D eigenvalue weighted by Crippen LogP contribution is -1.85. The zero-order valence-electron chi connectivity index (χ0n) is 10.5. The standard InChI is InChI=1S/C18H10ClF/c19-17-7-3-6-15-16-10-11(20)8-9-13(16)12-4-1-2-5-14(12)18(15)17/h1-10H. The monoisotopic (exact) mass is 280 g/mol. The minimum Gasteiger partial charge on any atom is -0.207 e. The van der Waals surface area contributed by atoms with Gasteiger partial charge in [-0.25, -0.2) is 4.39 Å². The van der Waals surface area contributed by atoms with E-state index in [4.69, 9.17) is 11.6 Å². The molecule has 4 rings (SSSR count). The highest BCUT2D eigenvalue weighted by Gasteiger charge is 2.10. The van der Waals surface area contributed by atoms with Gasteiger partial charge in [-0.15, -0.1) is 0 Å². The summed E-state index contributed by atoms with van der Waals surface area (Å²) in [6.45, 7) is 0. The van der Waals surface area contributed by atoms with E-state index in [9.17, 15) is 4.39 Å². The topological polar surface area (TPSA) is 0 Å². The van der Waals surface area contributed by atoms with Crippen molar-refractivity contribution in [3.05, 3.63) is 71.5 Å². The van der Waals surface area contributed by atoms with E-state index in [2.05, 4.69) is 12.1 Å². The Balaban J connectivity index is 2.45. The first kappa shape index (κ1) is 11.7. The molecule has 0 saturated carbocycles. The molecule has 0 bridgehead atoms. The van der Waals surface area contributed by atoms with Crippen LogP contribution in [-0.4, -0.2) is 0 Å². The molecule has 0 spiro atoms. The Morgan fingerprint density at radius 3 is 2.15 bits per heavy atom. The third-order valence-corrected chi connectivity index (χ3v) is 4.09. The molecule has 0 heterocycles. The molecule has 0 fully saturated rings. The second kappa shape index (κ2) is 4.19. The third-order valence-electron chi connectivity index (χ3n) is 3.77. The smallest absolute Gasteiger partial charge is 0.123 e. The Hall–Kier alpha value is -2.12. The summed E-state index contributed by atoms with van der Waals surface area (Å²) >= 11 is 6.38. The Labute approximate surface area is 120 Å². The fourth-order valence-corrected chi connectivity index (χ4v) is 3.21. The van der Waals surface area contributed by atoms with Gasteiger partial charge >= 0.3 is 0 Å². The van der Waals surface area contributed by atoms with Crippen LogP contribution >= 0.6 is 11.6 Å². The fourth-order valence-electron chi connectivity index (χ4n) is 2.93. The van der Waals surface area contributed by atoms with E-state index >= 15 is 0 Å². The molecular formula is C18H10ClF. The van der Waals surface area contributed by atoms with Crippen molar-refractivity contribution >= 4 is 43.9 Å². The van der Waals surface area contributed by atoms with Crippen molar-refractivity contribution in [2.75, 3.05) is 0 Å². The molecule has 4 aromatic rings. The Morgan fingerprint density at radius 1 is 0.650 bits per heavy atom. The van der Waals surface area contributed by atoms with Crippen LogP contribution in [0.2, 0.25) is 5.02 Å². The van der Waals surface area contributed by atoms with Gasteiger partial charge in [0.1, 0.15) is 5.82 Å². The molecule has 4 aromatic carbocycles. The van der Waals surface area contributed by atoms with Crippen LogP contribution in [0.3, 0.4) is 0 Å². The molecule has 0 N–H and O–H groups in total. The molecule has 0 aromatic heterocycles. The summed E-state index contributed by atoms with van der Waals surface area (Å²) < 4.78 is 13.6. The van der Waals surface area contributed by atoms with Gasteiger partial charge in [0.15, 0.2) is 0 Å². The zero-order valence-corrected chi connectivity index (χ0v) is 11.3. The number of hydrogen-bond donors (Lipinski definition) is 0. The Morgan fingerprint density at radius 2 is 1.30 bits per heavy atom. The van der Waals surface area contributed by atoms with Crippen LogP contribution in [0.25, 0.3) is 32.3 Å². The van der Waals surface area contributed by atoms with E-state index in [1.54, 1.807) is 6.07 Å². The van der Waals surface area contributed by atoms with Crippen LogP contribution in [0.15, 0.2) is 60.7 Å². The molecule has 0 amide bonds. The molecule has 0 saturated heterocycles. The first-order chi connectivity index (χ1) is 9.75. The average molecular weight is 281 g/mol. The Bertz CT molecular complexity index is 973. The van der Waals surface area contributed by atoms with Gasteiger partial charge in [0.2, 0.25) is 0 Å². The van der Waals surface area contributed by atoms with Gasteiger partial charge in [-0.1, -0.05) is 54.1 Å². The van der Waals surface area contributed by atoms with Crippen molar-refractivity contribution in [1.82, 2.24) is 0 Å². The normalized spacial score (nSPS) is 11.5. The minimum absolute atomic E-state index is 0.228. The molecule has 0 aliphatic carbocycles. The van der Waals surface area contributed by atoms with Crippen molar-refractivity contribution in [2.45, 2.75) is 0 Å². The van der Waals surface area contributed by atoms with Gasteiger partial charge in [0.05, 0.1) is 0 Å². The van der Waals surface area contributed by atoms with Gasteiger partial charge < -0.3 is 0 Å². The molecule has 0 unspecified atom stereocenters. The quantitative estimate of drug-likeness (QED) is 0.350. The Kier molecular flexibility index (Phi) is 2.45. The van der Waals surface area contributed by atoms with Crippen molar-refractivity contribution < 1.29 is 4.39 Å². The van der Waals surface area contributed by atoms with Gasteiger partial charge in [-0.2, -0.15) is 0 Å². The van der Waals surface area contributed by atoms with Crippen molar-refractivity contribution in [1.29, 1.82) is 0 Å². The maximum atomic E-state index is 13.6. The van der Waals surface area contributed by atoms with Crippen molar-refractivity contribution in [3.8, 4) is 0 Å². The van der Waals surface area contributed by atoms with Crippen LogP contribution in [0.4, 0.5) is 4.39 Å². The number of fused-ring (bicyclic) bond motifs is 6. The van der Waals surface area contributed by atoms with Crippen molar-refractivity contribution in [3.63, 3.8) is 0 Å². The summed E-state index contributed by atoms with van der Waals surface area (Å²) in [6.07, 6.45) is 0. The summed E-state index contributed by atoms with van der Waals surface area (Å²) in [4.78, 5) is 0. The average Bonchev–Trinajstić information content (AvgIpc) is 2.47. The number of halogens is 2. The lowest BCUT2D eigenvalue weighted by atomic mass is 9.94. The summed E-state index contributed by atoms with van der Waals surface area (Å²) in [7, 11) is 0.